The molecule has 0 fully saturated rings. The average Bonchev–Trinajstić information content (AvgIpc) is 2.85. The van der Waals surface area contributed by atoms with E-state index in [-0.39, 0.29) is 25.7 Å². The van der Waals surface area contributed by atoms with Crippen LogP contribution >= 0.6 is 0 Å². The molecule has 1 aromatic carbocycles. The van der Waals surface area contributed by atoms with Gasteiger partial charge in [0.1, 0.15) is 18.1 Å². The molecule has 0 aromatic heterocycles. The number of benzene rings is 1. The molecule has 210 valence electrons. The molecular weight excluding hydrogens is 500 g/mol. The fourth-order valence-corrected chi connectivity index (χ4v) is 3.47. The normalized spacial score (nSPS) is 13.8. The molecule has 4 amide bonds. The van der Waals surface area contributed by atoms with Crippen LogP contribution in [0.15, 0.2) is 30.3 Å². The summed E-state index contributed by atoms with van der Waals surface area (Å²) in [6, 6.07) is 3.36. The largest absolute Gasteiger partial charge is 0.481 e. The van der Waals surface area contributed by atoms with Gasteiger partial charge in [-0.15, -0.1) is 0 Å². The number of carboxylic acid groups (broad SMARTS) is 2. The zero-order chi connectivity index (χ0) is 28.7. The molecule has 0 bridgehead atoms. The van der Waals surface area contributed by atoms with Gasteiger partial charge in [0, 0.05) is 12.8 Å². The lowest BCUT2D eigenvalue weighted by atomic mass is 10.0. The lowest BCUT2D eigenvalue weighted by molar-refractivity contribution is -0.142. The van der Waals surface area contributed by atoms with E-state index in [9.17, 15) is 33.9 Å². The highest BCUT2D eigenvalue weighted by atomic mass is 16.4. The Labute approximate surface area is 219 Å². The van der Waals surface area contributed by atoms with Gasteiger partial charge in [0.25, 0.3) is 0 Å². The molecule has 1 rings (SSSR count). The zero-order valence-electron chi connectivity index (χ0n) is 20.9. The number of carboxylic acids is 2. The van der Waals surface area contributed by atoms with Crippen molar-refractivity contribution in [1.82, 2.24) is 16.0 Å². The first-order valence-electron chi connectivity index (χ1n) is 12.1. The summed E-state index contributed by atoms with van der Waals surface area (Å²) in [4.78, 5) is 72.3. The second kappa shape index (κ2) is 16.7. The van der Waals surface area contributed by atoms with Crippen LogP contribution in [0.1, 0.15) is 44.1 Å². The third-order valence-corrected chi connectivity index (χ3v) is 5.52. The van der Waals surface area contributed by atoms with Crippen molar-refractivity contribution in [2.24, 2.45) is 17.2 Å². The fraction of sp³-hybridized carbons (Fsp3) is 0.500. The Morgan fingerprint density at radius 1 is 0.789 bits per heavy atom. The van der Waals surface area contributed by atoms with Crippen molar-refractivity contribution in [3.05, 3.63) is 35.9 Å². The summed E-state index contributed by atoms with van der Waals surface area (Å²) < 4.78 is 0. The molecule has 1 aromatic rings. The zero-order valence-corrected chi connectivity index (χ0v) is 20.9. The van der Waals surface area contributed by atoms with Crippen molar-refractivity contribution in [3.63, 3.8) is 0 Å². The average molecular weight is 537 g/mol. The second-order valence-electron chi connectivity index (χ2n) is 8.71. The maximum absolute atomic E-state index is 13.1. The Hall–Kier alpha value is -4.04. The van der Waals surface area contributed by atoms with E-state index in [4.69, 9.17) is 22.3 Å². The van der Waals surface area contributed by atoms with Gasteiger partial charge in [-0.1, -0.05) is 30.3 Å². The van der Waals surface area contributed by atoms with Crippen molar-refractivity contribution in [1.29, 1.82) is 0 Å². The summed E-state index contributed by atoms with van der Waals surface area (Å²) >= 11 is 0. The lowest BCUT2D eigenvalue weighted by Crippen LogP contribution is -2.57. The molecule has 0 aliphatic rings. The number of unbranched alkanes of at least 4 members (excludes halogenated alkanes) is 1. The number of nitrogens with one attached hydrogen (secondary N) is 3. The Morgan fingerprint density at radius 3 is 1.87 bits per heavy atom. The summed E-state index contributed by atoms with van der Waals surface area (Å²) in [5, 5.41) is 25.7. The van der Waals surface area contributed by atoms with Crippen molar-refractivity contribution >= 4 is 35.6 Å². The number of carbonyl (C=O) groups is 6. The summed E-state index contributed by atoms with van der Waals surface area (Å²) in [5.41, 5.74) is 16.9. The highest BCUT2D eigenvalue weighted by molar-refractivity contribution is 5.95. The van der Waals surface area contributed by atoms with Crippen LogP contribution in [0, 0.1) is 0 Å². The third kappa shape index (κ3) is 12.3. The smallest absolute Gasteiger partial charge is 0.326 e. The molecule has 0 saturated carbocycles. The van der Waals surface area contributed by atoms with E-state index >= 15 is 0 Å². The van der Waals surface area contributed by atoms with Gasteiger partial charge < -0.3 is 43.4 Å². The van der Waals surface area contributed by atoms with Crippen LogP contribution in [-0.2, 0) is 35.2 Å². The van der Waals surface area contributed by atoms with Gasteiger partial charge in [-0.25, -0.2) is 4.79 Å². The monoisotopic (exact) mass is 536 g/mol. The van der Waals surface area contributed by atoms with Crippen LogP contribution in [0.5, 0.6) is 0 Å². The van der Waals surface area contributed by atoms with Gasteiger partial charge in [0.05, 0.1) is 12.5 Å². The summed E-state index contributed by atoms with van der Waals surface area (Å²) in [7, 11) is 0. The van der Waals surface area contributed by atoms with E-state index in [0.717, 1.165) is 0 Å². The van der Waals surface area contributed by atoms with Crippen LogP contribution in [-0.4, -0.2) is 76.5 Å². The minimum absolute atomic E-state index is 0.00411. The molecular formula is C24H36N6O8. The summed E-state index contributed by atoms with van der Waals surface area (Å²) in [6.07, 6.45) is -0.168. The van der Waals surface area contributed by atoms with Crippen molar-refractivity contribution in [2.45, 2.75) is 69.1 Å². The van der Waals surface area contributed by atoms with Crippen molar-refractivity contribution in [2.75, 3.05) is 6.54 Å². The van der Waals surface area contributed by atoms with E-state index in [1.165, 1.54) is 0 Å². The third-order valence-electron chi connectivity index (χ3n) is 5.52. The van der Waals surface area contributed by atoms with Crippen molar-refractivity contribution < 1.29 is 39.0 Å². The molecule has 4 atom stereocenters. The summed E-state index contributed by atoms with van der Waals surface area (Å²) in [5.74, 6) is -5.92. The molecule has 0 aliphatic carbocycles. The highest BCUT2D eigenvalue weighted by Gasteiger charge is 2.30. The maximum Gasteiger partial charge on any atom is 0.326 e. The predicted molar refractivity (Wildman–Crippen MR) is 135 cm³/mol. The van der Waals surface area contributed by atoms with Gasteiger partial charge >= 0.3 is 11.9 Å². The summed E-state index contributed by atoms with van der Waals surface area (Å²) in [6.45, 7) is 0.326. The number of hydrogen-bond acceptors (Lipinski definition) is 8. The van der Waals surface area contributed by atoms with Gasteiger partial charge in [-0.3, -0.25) is 24.0 Å². The van der Waals surface area contributed by atoms with E-state index in [1.54, 1.807) is 30.3 Å². The predicted octanol–water partition coefficient (Wildman–Crippen LogP) is -2.04. The molecule has 0 radical (unpaired) electrons. The molecule has 4 unspecified atom stereocenters. The second-order valence-corrected chi connectivity index (χ2v) is 8.71. The number of hydrogen-bond donors (Lipinski definition) is 8. The van der Waals surface area contributed by atoms with E-state index in [2.05, 4.69) is 16.0 Å². The molecule has 0 heterocycles. The minimum atomic E-state index is -1.46. The Morgan fingerprint density at radius 2 is 1.34 bits per heavy atom. The van der Waals surface area contributed by atoms with Crippen molar-refractivity contribution in [3.8, 4) is 0 Å². The van der Waals surface area contributed by atoms with Crippen LogP contribution in [0.3, 0.4) is 0 Å². The molecule has 38 heavy (non-hydrogen) atoms. The first-order valence-corrected chi connectivity index (χ1v) is 12.1. The lowest BCUT2D eigenvalue weighted by Gasteiger charge is -2.25. The van der Waals surface area contributed by atoms with Gasteiger partial charge in [0.15, 0.2) is 0 Å². The number of aliphatic carboxylic acids is 2. The molecule has 11 N–H and O–H groups in total. The highest BCUT2D eigenvalue weighted by Crippen LogP contribution is 2.08. The van der Waals surface area contributed by atoms with E-state index in [0.29, 0.717) is 24.9 Å². The molecule has 0 spiro atoms. The van der Waals surface area contributed by atoms with E-state index in [1.807, 2.05) is 0 Å². The number of rotatable bonds is 18. The van der Waals surface area contributed by atoms with Gasteiger partial charge in [-0.2, -0.15) is 0 Å². The molecule has 0 saturated heterocycles. The van der Waals surface area contributed by atoms with Crippen LogP contribution in [0.2, 0.25) is 0 Å². The van der Waals surface area contributed by atoms with Crippen LogP contribution in [0.4, 0.5) is 0 Å². The van der Waals surface area contributed by atoms with Gasteiger partial charge in [0.2, 0.25) is 23.6 Å². The molecule has 0 aliphatic heterocycles. The molecule has 14 nitrogen and oxygen atoms in total. The quantitative estimate of drug-likeness (QED) is 0.0953. The number of carbonyl (C=O) groups excluding carboxylic acids is 4. The minimum Gasteiger partial charge on any atom is -0.481 e. The number of nitrogens with two attached hydrogens (primary N) is 3. The number of primary amides is 1. The SMILES string of the molecule is NCCCCC(NC(=O)C(CCC(N)=O)NC(=O)C(N)CC(=O)O)C(=O)NC(Cc1ccccc1)C(=O)O. The first kappa shape index (κ1) is 32.0. The number of amides is 4. The van der Waals surface area contributed by atoms with Crippen LogP contribution in [0.25, 0.3) is 0 Å². The Balaban J connectivity index is 3.04. The van der Waals surface area contributed by atoms with Gasteiger partial charge in [-0.05, 0) is 37.8 Å². The fourth-order valence-electron chi connectivity index (χ4n) is 3.47. The molecule has 14 heteroatoms. The standard InChI is InChI=1S/C24H36N6O8/c25-11-5-4-8-16(22(35)30-18(24(37)38)12-14-6-2-1-3-7-14)29-23(36)17(9-10-19(27)31)28-21(34)15(26)13-20(32)33/h1-3,6-7,15-18H,4-5,8-13,25-26H2,(H2,27,31)(H,28,34)(H,29,36)(H,30,35)(H,32,33)(H,37,38). The topological polar surface area (TPSA) is 257 Å². The Kier molecular flexibility index (Phi) is 14.0. The first-order chi connectivity index (χ1) is 17.9. The van der Waals surface area contributed by atoms with Crippen LogP contribution < -0.4 is 33.2 Å². The van der Waals surface area contributed by atoms with E-state index < -0.39 is 66.2 Å². The Bertz CT molecular complexity index is 974. The maximum atomic E-state index is 13.1.